The number of rotatable bonds is 4. The van der Waals surface area contributed by atoms with E-state index >= 15 is 0 Å². The second-order valence-corrected chi connectivity index (χ2v) is 4.94. The molecule has 0 spiro atoms. The van der Waals surface area contributed by atoms with Crippen LogP contribution in [-0.4, -0.2) is 11.4 Å². The second kappa shape index (κ2) is 5.32. The molecule has 17 heavy (non-hydrogen) atoms. The minimum absolute atomic E-state index is 0.118. The zero-order valence-corrected chi connectivity index (χ0v) is 11.1. The van der Waals surface area contributed by atoms with Gasteiger partial charge in [0, 0.05) is 5.69 Å². The van der Waals surface area contributed by atoms with E-state index in [2.05, 4.69) is 5.32 Å². The van der Waals surface area contributed by atoms with Crippen LogP contribution in [0.1, 0.15) is 37.8 Å². The van der Waals surface area contributed by atoms with Crippen molar-refractivity contribution in [2.24, 2.45) is 5.73 Å². The monoisotopic (exact) mass is 234 g/mol. The number of hydrogen-bond donors (Lipinski definition) is 2. The largest absolute Gasteiger partial charge is 0.324 e. The maximum absolute atomic E-state index is 12.1. The van der Waals surface area contributed by atoms with E-state index in [4.69, 9.17) is 5.73 Å². The second-order valence-electron chi connectivity index (χ2n) is 4.94. The van der Waals surface area contributed by atoms with Gasteiger partial charge in [0.05, 0.1) is 5.54 Å². The molecule has 3 heteroatoms. The molecule has 1 unspecified atom stereocenters. The summed E-state index contributed by atoms with van der Waals surface area (Å²) in [5, 5.41) is 2.91. The molecule has 1 rings (SSSR count). The Morgan fingerprint density at radius 3 is 2.65 bits per heavy atom. The van der Waals surface area contributed by atoms with Gasteiger partial charge in [0.15, 0.2) is 0 Å². The minimum Gasteiger partial charge on any atom is -0.324 e. The molecule has 0 radical (unpaired) electrons. The lowest BCUT2D eigenvalue weighted by Crippen LogP contribution is -2.48. The molecule has 1 aromatic carbocycles. The first-order chi connectivity index (χ1) is 7.86. The Morgan fingerprint density at radius 2 is 2.06 bits per heavy atom. The van der Waals surface area contributed by atoms with Gasteiger partial charge in [0.2, 0.25) is 5.91 Å². The third-order valence-corrected chi connectivity index (χ3v) is 2.93. The van der Waals surface area contributed by atoms with Gasteiger partial charge in [-0.25, -0.2) is 0 Å². The Bertz CT molecular complexity index is 411. The van der Waals surface area contributed by atoms with E-state index in [1.54, 1.807) is 6.92 Å². The van der Waals surface area contributed by atoms with Crippen LogP contribution in [0.4, 0.5) is 5.69 Å². The Morgan fingerprint density at radius 1 is 1.41 bits per heavy atom. The van der Waals surface area contributed by atoms with Crippen molar-refractivity contribution >= 4 is 11.6 Å². The Labute approximate surface area is 103 Å². The zero-order valence-electron chi connectivity index (χ0n) is 11.1. The van der Waals surface area contributed by atoms with E-state index < -0.39 is 5.54 Å². The lowest BCUT2D eigenvalue weighted by Gasteiger charge is -2.23. The third-order valence-electron chi connectivity index (χ3n) is 2.93. The number of hydrogen-bond acceptors (Lipinski definition) is 2. The topological polar surface area (TPSA) is 55.1 Å². The summed E-state index contributed by atoms with van der Waals surface area (Å²) in [6.45, 7) is 7.78. The lowest BCUT2D eigenvalue weighted by molar-refractivity contribution is -0.120. The number of nitrogens with two attached hydrogens (primary N) is 1. The Kier molecular flexibility index (Phi) is 4.29. The average molecular weight is 234 g/mol. The van der Waals surface area contributed by atoms with Crippen LogP contribution in [0, 0.1) is 13.8 Å². The number of amides is 1. The normalized spacial score (nSPS) is 14.2. The van der Waals surface area contributed by atoms with E-state index in [-0.39, 0.29) is 5.91 Å². The summed E-state index contributed by atoms with van der Waals surface area (Å²) in [6.07, 6.45) is 1.58. The van der Waals surface area contributed by atoms with Crippen molar-refractivity contribution in [3.63, 3.8) is 0 Å². The third kappa shape index (κ3) is 3.56. The lowest BCUT2D eigenvalue weighted by atomic mass is 9.96. The number of carbonyl (C=O) groups excluding carboxylic acids is 1. The van der Waals surface area contributed by atoms with Gasteiger partial charge in [-0.15, -0.1) is 0 Å². The first-order valence-corrected chi connectivity index (χ1v) is 6.04. The molecule has 1 amide bonds. The first-order valence-electron chi connectivity index (χ1n) is 6.04. The van der Waals surface area contributed by atoms with Gasteiger partial charge >= 0.3 is 0 Å². The fourth-order valence-corrected chi connectivity index (χ4v) is 1.77. The Hall–Kier alpha value is -1.35. The van der Waals surface area contributed by atoms with Crippen LogP contribution in [-0.2, 0) is 4.79 Å². The molecule has 0 aliphatic carbocycles. The molecule has 0 fully saturated rings. The van der Waals surface area contributed by atoms with Crippen LogP contribution in [0.2, 0.25) is 0 Å². The quantitative estimate of drug-likeness (QED) is 0.841. The van der Waals surface area contributed by atoms with Crippen molar-refractivity contribution in [3.8, 4) is 0 Å². The van der Waals surface area contributed by atoms with Gasteiger partial charge in [0.1, 0.15) is 0 Å². The van der Waals surface area contributed by atoms with Gasteiger partial charge in [-0.1, -0.05) is 25.5 Å². The number of aryl methyl sites for hydroxylation is 2. The summed E-state index contributed by atoms with van der Waals surface area (Å²) in [4.78, 5) is 12.1. The first kappa shape index (κ1) is 13.7. The van der Waals surface area contributed by atoms with Crippen LogP contribution in [0.3, 0.4) is 0 Å². The maximum atomic E-state index is 12.1. The highest BCUT2D eigenvalue weighted by Gasteiger charge is 2.27. The van der Waals surface area contributed by atoms with Crippen LogP contribution >= 0.6 is 0 Å². The molecule has 0 aliphatic rings. The standard InChI is InChI=1S/C14H22N2O/c1-5-8-14(4,15)13(17)16-12-9-10(2)6-7-11(12)3/h6-7,9H,5,8,15H2,1-4H3,(H,16,17). The number of carbonyl (C=O) groups is 1. The van der Waals surface area contributed by atoms with Crippen LogP contribution in [0.15, 0.2) is 18.2 Å². The van der Waals surface area contributed by atoms with Gasteiger partial charge in [0.25, 0.3) is 0 Å². The van der Waals surface area contributed by atoms with Gasteiger partial charge in [-0.2, -0.15) is 0 Å². The molecule has 94 valence electrons. The van der Waals surface area contributed by atoms with Gasteiger partial charge < -0.3 is 11.1 Å². The molecule has 3 N–H and O–H groups in total. The zero-order chi connectivity index (χ0) is 13.1. The molecular formula is C14H22N2O. The summed E-state index contributed by atoms with van der Waals surface area (Å²) in [5.41, 5.74) is 8.22. The van der Waals surface area contributed by atoms with Crippen molar-refractivity contribution in [1.82, 2.24) is 0 Å². The van der Waals surface area contributed by atoms with Crippen molar-refractivity contribution in [1.29, 1.82) is 0 Å². The van der Waals surface area contributed by atoms with E-state index in [1.165, 1.54) is 0 Å². The van der Waals surface area contributed by atoms with Crippen molar-refractivity contribution in [2.45, 2.75) is 46.1 Å². The molecule has 0 saturated heterocycles. The van der Waals surface area contributed by atoms with Gasteiger partial charge in [-0.05, 0) is 44.4 Å². The number of anilines is 1. The minimum atomic E-state index is -0.801. The molecule has 0 aliphatic heterocycles. The highest BCUT2D eigenvalue weighted by molar-refractivity contribution is 5.98. The molecular weight excluding hydrogens is 212 g/mol. The van der Waals surface area contributed by atoms with E-state index in [0.717, 1.165) is 23.2 Å². The number of benzene rings is 1. The summed E-state index contributed by atoms with van der Waals surface area (Å²) in [7, 11) is 0. The number of nitrogens with one attached hydrogen (secondary N) is 1. The molecule has 0 bridgehead atoms. The van der Waals surface area contributed by atoms with E-state index in [1.807, 2.05) is 39.0 Å². The molecule has 0 aromatic heterocycles. The van der Waals surface area contributed by atoms with Crippen LogP contribution in [0.5, 0.6) is 0 Å². The predicted molar refractivity (Wildman–Crippen MR) is 72.0 cm³/mol. The molecule has 1 atom stereocenters. The van der Waals surface area contributed by atoms with Gasteiger partial charge in [-0.3, -0.25) is 4.79 Å². The molecule has 0 heterocycles. The van der Waals surface area contributed by atoms with Crippen molar-refractivity contribution < 1.29 is 4.79 Å². The van der Waals surface area contributed by atoms with Crippen molar-refractivity contribution in [2.75, 3.05) is 5.32 Å². The summed E-state index contributed by atoms with van der Waals surface area (Å²) in [6, 6.07) is 5.99. The van der Waals surface area contributed by atoms with Crippen molar-refractivity contribution in [3.05, 3.63) is 29.3 Å². The molecule has 1 aromatic rings. The fraction of sp³-hybridized carbons (Fsp3) is 0.500. The average Bonchev–Trinajstić information content (AvgIpc) is 2.23. The molecule has 0 saturated carbocycles. The van der Waals surface area contributed by atoms with E-state index in [0.29, 0.717) is 6.42 Å². The highest BCUT2D eigenvalue weighted by Crippen LogP contribution is 2.19. The SMILES string of the molecule is CCCC(C)(N)C(=O)Nc1cc(C)ccc1C. The smallest absolute Gasteiger partial charge is 0.244 e. The molecule has 3 nitrogen and oxygen atoms in total. The fourth-order valence-electron chi connectivity index (χ4n) is 1.77. The maximum Gasteiger partial charge on any atom is 0.244 e. The summed E-state index contributed by atoms with van der Waals surface area (Å²) >= 11 is 0. The van der Waals surface area contributed by atoms with E-state index in [9.17, 15) is 4.79 Å². The van der Waals surface area contributed by atoms with Crippen LogP contribution in [0.25, 0.3) is 0 Å². The summed E-state index contributed by atoms with van der Waals surface area (Å²) < 4.78 is 0. The highest BCUT2D eigenvalue weighted by atomic mass is 16.2. The summed E-state index contributed by atoms with van der Waals surface area (Å²) in [5.74, 6) is -0.118. The van der Waals surface area contributed by atoms with Crippen LogP contribution < -0.4 is 11.1 Å². The Balaban J connectivity index is 2.84. The predicted octanol–water partition coefficient (Wildman–Crippen LogP) is 2.76.